The molecule has 0 heterocycles. The lowest BCUT2D eigenvalue weighted by Crippen LogP contribution is -2.59. The van der Waals surface area contributed by atoms with Crippen molar-refractivity contribution >= 4 is 11.9 Å². The molecule has 0 aromatic carbocycles. The topological polar surface area (TPSA) is 78.4 Å². The van der Waals surface area contributed by atoms with Crippen molar-refractivity contribution in [2.24, 2.45) is 0 Å². The monoisotopic (exact) mass is 210 g/mol. The van der Waals surface area contributed by atoms with Crippen LogP contribution in [0.4, 0.5) is 0 Å². The summed E-state index contributed by atoms with van der Waals surface area (Å²) >= 11 is 0. The number of terminal acetylenes is 1. The number of hydrogen-bond donors (Lipinski definition) is 3. The Bertz CT molecular complexity index is 302. The molecule has 1 amide bonds. The first-order valence-electron chi connectivity index (χ1n) is 4.79. The van der Waals surface area contributed by atoms with Gasteiger partial charge in [-0.15, -0.1) is 6.42 Å². The van der Waals surface area contributed by atoms with Gasteiger partial charge in [0.25, 0.3) is 0 Å². The average molecular weight is 210 g/mol. The second-order valence-electron chi connectivity index (χ2n) is 3.58. The highest BCUT2D eigenvalue weighted by Gasteiger charge is 2.44. The Morgan fingerprint density at radius 1 is 1.47 bits per heavy atom. The van der Waals surface area contributed by atoms with Gasteiger partial charge in [-0.05, 0) is 19.3 Å². The Hall–Kier alpha value is -1.54. The molecule has 1 saturated carbocycles. The van der Waals surface area contributed by atoms with Gasteiger partial charge in [-0.1, -0.05) is 5.92 Å². The first kappa shape index (κ1) is 11.5. The molecule has 0 unspecified atom stereocenters. The van der Waals surface area contributed by atoms with Crippen molar-refractivity contribution in [2.75, 3.05) is 13.1 Å². The van der Waals surface area contributed by atoms with Gasteiger partial charge in [-0.2, -0.15) is 0 Å². The Balaban J connectivity index is 2.32. The Morgan fingerprint density at radius 3 is 2.53 bits per heavy atom. The summed E-state index contributed by atoms with van der Waals surface area (Å²) in [5.74, 6) is 1.10. The molecule has 0 bridgehead atoms. The first-order valence-corrected chi connectivity index (χ1v) is 4.79. The zero-order valence-electron chi connectivity index (χ0n) is 8.38. The van der Waals surface area contributed by atoms with Gasteiger partial charge in [0.05, 0.1) is 13.1 Å². The molecule has 0 aromatic heterocycles. The van der Waals surface area contributed by atoms with Crippen LogP contribution in [0.15, 0.2) is 0 Å². The van der Waals surface area contributed by atoms with Crippen molar-refractivity contribution in [3.05, 3.63) is 0 Å². The summed E-state index contributed by atoms with van der Waals surface area (Å²) in [6.45, 7) is 0.161. The highest BCUT2D eigenvalue weighted by Crippen LogP contribution is 2.31. The molecule has 1 aliphatic rings. The van der Waals surface area contributed by atoms with Crippen LogP contribution in [-0.2, 0) is 9.59 Å². The molecule has 1 rings (SSSR count). The molecule has 0 radical (unpaired) electrons. The van der Waals surface area contributed by atoms with Gasteiger partial charge in [0, 0.05) is 0 Å². The van der Waals surface area contributed by atoms with E-state index in [0.29, 0.717) is 12.8 Å². The second kappa shape index (κ2) is 4.80. The number of aliphatic carboxylic acids is 1. The molecule has 1 aliphatic carbocycles. The van der Waals surface area contributed by atoms with Crippen molar-refractivity contribution in [1.82, 2.24) is 10.6 Å². The highest BCUT2D eigenvalue weighted by molar-refractivity contribution is 5.83. The lowest BCUT2D eigenvalue weighted by atomic mass is 9.77. The van der Waals surface area contributed by atoms with E-state index < -0.39 is 11.5 Å². The molecular weight excluding hydrogens is 196 g/mol. The zero-order chi connectivity index (χ0) is 11.3. The van der Waals surface area contributed by atoms with Gasteiger partial charge >= 0.3 is 5.97 Å². The Morgan fingerprint density at radius 2 is 2.13 bits per heavy atom. The van der Waals surface area contributed by atoms with E-state index in [1.54, 1.807) is 0 Å². The molecule has 0 atom stereocenters. The van der Waals surface area contributed by atoms with Crippen LogP contribution in [0.5, 0.6) is 0 Å². The van der Waals surface area contributed by atoms with E-state index >= 15 is 0 Å². The minimum atomic E-state index is -0.895. The third-order valence-corrected chi connectivity index (χ3v) is 2.59. The largest absolute Gasteiger partial charge is 0.480 e. The van der Waals surface area contributed by atoms with Gasteiger partial charge < -0.3 is 10.4 Å². The summed E-state index contributed by atoms with van der Waals surface area (Å²) in [4.78, 5) is 22.1. The van der Waals surface area contributed by atoms with Gasteiger partial charge in [0.15, 0.2) is 0 Å². The number of amides is 1. The third kappa shape index (κ3) is 2.70. The van der Waals surface area contributed by atoms with E-state index in [-0.39, 0.29) is 19.0 Å². The second-order valence-corrected chi connectivity index (χ2v) is 3.58. The van der Waals surface area contributed by atoms with Gasteiger partial charge in [0.2, 0.25) is 5.91 Å². The average Bonchev–Trinajstić information content (AvgIpc) is 2.12. The fourth-order valence-electron chi connectivity index (χ4n) is 1.46. The summed E-state index contributed by atoms with van der Waals surface area (Å²) in [7, 11) is 0. The number of carboxylic acids is 1. The molecular formula is C10H14N2O3. The predicted octanol–water partition coefficient (Wildman–Crippen LogP) is -0.667. The number of hydrogen-bond acceptors (Lipinski definition) is 3. The van der Waals surface area contributed by atoms with E-state index in [0.717, 1.165) is 6.42 Å². The van der Waals surface area contributed by atoms with Crippen molar-refractivity contribution in [2.45, 2.75) is 24.8 Å². The number of carbonyl (C=O) groups excluding carboxylic acids is 1. The predicted molar refractivity (Wildman–Crippen MR) is 54.1 cm³/mol. The van der Waals surface area contributed by atoms with Crippen molar-refractivity contribution < 1.29 is 14.7 Å². The maximum absolute atomic E-state index is 11.1. The highest BCUT2D eigenvalue weighted by atomic mass is 16.4. The maximum Gasteiger partial charge on any atom is 0.323 e. The van der Waals surface area contributed by atoms with Crippen LogP contribution < -0.4 is 10.6 Å². The molecule has 15 heavy (non-hydrogen) atoms. The van der Waals surface area contributed by atoms with E-state index in [2.05, 4.69) is 16.6 Å². The number of carbonyl (C=O) groups is 2. The fraction of sp³-hybridized carbons (Fsp3) is 0.600. The summed E-state index contributed by atoms with van der Waals surface area (Å²) in [6, 6.07) is 0. The lowest BCUT2D eigenvalue weighted by molar-refractivity contribution is -0.148. The SMILES string of the molecule is C#CCNC(=O)CNC1(C(=O)O)CCC1. The van der Waals surface area contributed by atoms with Crippen LogP contribution in [0.2, 0.25) is 0 Å². The fourth-order valence-corrected chi connectivity index (χ4v) is 1.46. The van der Waals surface area contributed by atoms with Gasteiger partial charge in [-0.3, -0.25) is 14.9 Å². The van der Waals surface area contributed by atoms with E-state index in [1.165, 1.54) is 0 Å². The van der Waals surface area contributed by atoms with Crippen LogP contribution >= 0.6 is 0 Å². The zero-order valence-corrected chi connectivity index (χ0v) is 8.38. The van der Waals surface area contributed by atoms with Crippen molar-refractivity contribution in [1.29, 1.82) is 0 Å². The third-order valence-electron chi connectivity index (χ3n) is 2.59. The summed E-state index contributed by atoms with van der Waals surface area (Å²) in [5.41, 5.74) is -0.895. The standard InChI is InChI=1S/C10H14N2O3/c1-2-6-11-8(13)7-12-10(9(14)15)4-3-5-10/h1,12H,3-7H2,(H,11,13)(H,14,15). The molecule has 5 nitrogen and oxygen atoms in total. The summed E-state index contributed by atoms with van der Waals surface area (Å²) in [5, 5.41) is 14.2. The van der Waals surface area contributed by atoms with E-state index in [1.807, 2.05) is 0 Å². The van der Waals surface area contributed by atoms with Crippen molar-refractivity contribution in [3.8, 4) is 12.3 Å². The minimum Gasteiger partial charge on any atom is -0.480 e. The minimum absolute atomic E-state index is 0.00597. The number of nitrogens with one attached hydrogen (secondary N) is 2. The van der Waals surface area contributed by atoms with Gasteiger partial charge in [-0.25, -0.2) is 0 Å². The van der Waals surface area contributed by atoms with E-state index in [4.69, 9.17) is 11.5 Å². The quantitative estimate of drug-likeness (QED) is 0.526. The lowest BCUT2D eigenvalue weighted by Gasteiger charge is -2.38. The van der Waals surface area contributed by atoms with Gasteiger partial charge in [0.1, 0.15) is 5.54 Å². The van der Waals surface area contributed by atoms with Crippen LogP contribution in [-0.4, -0.2) is 35.6 Å². The molecule has 0 spiro atoms. The molecule has 0 aliphatic heterocycles. The van der Waals surface area contributed by atoms with E-state index in [9.17, 15) is 9.59 Å². The molecule has 0 aromatic rings. The molecule has 3 N–H and O–H groups in total. The molecule has 0 saturated heterocycles. The molecule has 5 heteroatoms. The number of rotatable bonds is 5. The summed E-state index contributed by atoms with van der Waals surface area (Å²) < 4.78 is 0. The Kier molecular flexibility index (Phi) is 3.69. The molecule has 1 fully saturated rings. The normalized spacial score (nSPS) is 17.3. The number of carboxylic acid groups (broad SMARTS) is 1. The first-order chi connectivity index (χ1) is 7.10. The van der Waals surface area contributed by atoms with Crippen molar-refractivity contribution in [3.63, 3.8) is 0 Å². The van der Waals surface area contributed by atoms with Crippen LogP contribution in [0.3, 0.4) is 0 Å². The van der Waals surface area contributed by atoms with Crippen LogP contribution in [0.1, 0.15) is 19.3 Å². The molecule has 82 valence electrons. The van der Waals surface area contributed by atoms with Crippen LogP contribution in [0, 0.1) is 12.3 Å². The maximum atomic E-state index is 11.1. The summed E-state index contributed by atoms with van der Waals surface area (Å²) in [6.07, 6.45) is 6.99. The Labute approximate surface area is 88.2 Å². The smallest absolute Gasteiger partial charge is 0.323 e. The van der Waals surface area contributed by atoms with Crippen LogP contribution in [0.25, 0.3) is 0 Å².